The predicted molar refractivity (Wildman–Crippen MR) is 103 cm³/mol. The lowest BCUT2D eigenvalue weighted by molar-refractivity contribution is -0.137. The van der Waals surface area contributed by atoms with Crippen LogP contribution in [0.15, 0.2) is 24.3 Å². The molecule has 28 heavy (non-hydrogen) atoms. The lowest BCUT2D eigenvalue weighted by Gasteiger charge is -2.37. The van der Waals surface area contributed by atoms with Gasteiger partial charge in [0.25, 0.3) is 0 Å². The molecule has 2 fully saturated rings. The number of likely N-dealkylation sites (tertiary alicyclic amines) is 1. The summed E-state index contributed by atoms with van der Waals surface area (Å²) >= 11 is 0. The molecule has 2 N–H and O–H groups in total. The van der Waals surface area contributed by atoms with Crippen molar-refractivity contribution in [3.8, 4) is 0 Å². The fraction of sp³-hybridized carbons (Fsp3) is 0.650. The minimum Gasteiger partial charge on any atom is -0.369 e. The fourth-order valence-electron chi connectivity index (χ4n) is 4.13. The number of hydrogen-bond acceptors (Lipinski definition) is 4. The van der Waals surface area contributed by atoms with Crippen molar-refractivity contribution in [1.29, 1.82) is 0 Å². The van der Waals surface area contributed by atoms with E-state index in [1.807, 2.05) is 4.90 Å². The number of nitrogens with zero attached hydrogens (tertiary/aromatic N) is 3. The number of anilines is 1. The first-order chi connectivity index (χ1) is 13.3. The summed E-state index contributed by atoms with van der Waals surface area (Å²) in [7, 11) is 0. The van der Waals surface area contributed by atoms with E-state index in [9.17, 15) is 18.0 Å². The number of benzene rings is 1. The Morgan fingerprint density at radius 2 is 1.71 bits per heavy atom. The summed E-state index contributed by atoms with van der Waals surface area (Å²) in [6.45, 7) is 6.47. The molecular weight excluding hydrogens is 369 g/mol. The van der Waals surface area contributed by atoms with Crippen molar-refractivity contribution >= 4 is 11.6 Å². The number of carbonyl (C=O) groups is 1. The van der Waals surface area contributed by atoms with Crippen molar-refractivity contribution < 1.29 is 18.0 Å². The Morgan fingerprint density at radius 1 is 1.04 bits per heavy atom. The molecule has 0 saturated carbocycles. The van der Waals surface area contributed by atoms with Crippen LogP contribution in [0.3, 0.4) is 0 Å². The van der Waals surface area contributed by atoms with Gasteiger partial charge in [-0.3, -0.25) is 14.6 Å². The number of primary amides is 1. The number of amides is 1. The number of carbonyl (C=O) groups excluding carboxylic acids is 1. The lowest BCUT2D eigenvalue weighted by Crippen LogP contribution is -2.47. The highest BCUT2D eigenvalue weighted by Crippen LogP contribution is 2.32. The summed E-state index contributed by atoms with van der Waals surface area (Å²) in [6.07, 6.45) is -0.978. The predicted octanol–water partition coefficient (Wildman–Crippen LogP) is 2.41. The number of halogens is 3. The summed E-state index contributed by atoms with van der Waals surface area (Å²) < 4.78 is 38.7. The molecule has 2 heterocycles. The van der Waals surface area contributed by atoms with Gasteiger partial charge in [0.05, 0.1) is 12.1 Å². The molecule has 0 aliphatic carbocycles. The van der Waals surface area contributed by atoms with Gasteiger partial charge in [0.15, 0.2) is 0 Å². The molecule has 0 atom stereocenters. The third-order valence-corrected chi connectivity index (χ3v) is 5.85. The van der Waals surface area contributed by atoms with Crippen LogP contribution in [0.2, 0.25) is 0 Å². The molecule has 2 aliphatic heterocycles. The highest BCUT2D eigenvalue weighted by molar-refractivity contribution is 5.75. The maximum absolute atomic E-state index is 12.9. The second-order valence-electron chi connectivity index (χ2n) is 7.85. The molecule has 2 saturated heterocycles. The molecule has 1 aromatic rings. The van der Waals surface area contributed by atoms with Gasteiger partial charge < -0.3 is 10.6 Å². The number of hydrogen-bond donors (Lipinski definition) is 1. The van der Waals surface area contributed by atoms with E-state index in [0.29, 0.717) is 18.2 Å². The number of rotatable bonds is 6. The quantitative estimate of drug-likeness (QED) is 0.800. The molecular formula is C20H29F3N4O. The smallest absolute Gasteiger partial charge is 0.369 e. The van der Waals surface area contributed by atoms with E-state index in [2.05, 4.69) is 9.80 Å². The van der Waals surface area contributed by atoms with E-state index >= 15 is 0 Å². The van der Waals surface area contributed by atoms with Crippen molar-refractivity contribution in [3.05, 3.63) is 29.8 Å². The van der Waals surface area contributed by atoms with Crippen LogP contribution in [0, 0.1) is 5.92 Å². The van der Waals surface area contributed by atoms with Crippen LogP contribution in [0.25, 0.3) is 0 Å². The number of alkyl halides is 3. The molecule has 156 valence electrons. The van der Waals surface area contributed by atoms with E-state index in [4.69, 9.17) is 5.73 Å². The van der Waals surface area contributed by atoms with Gasteiger partial charge >= 0.3 is 6.18 Å². The number of nitrogens with two attached hydrogens (primary N) is 1. The van der Waals surface area contributed by atoms with Crippen molar-refractivity contribution in [2.45, 2.75) is 25.4 Å². The van der Waals surface area contributed by atoms with Crippen molar-refractivity contribution in [2.24, 2.45) is 11.7 Å². The number of piperazine rings is 1. The summed E-state index contributed by atoms with van der Waals surface area (Å²) in [5, 5.41) is 0. The molecule has 0 spiro atoms. The average molecular weight is 398 g/mol. The van der Waals surface area contributed by atoms with Gasteiger partial charge in [0, 0.05) is 31.9 Å². The Hall–Kier alpha value is -1.80. The largest absolute Gasteiger partial charge is 0.416 e. The molecule has 2 aliphatic rings. The molecule has 0 unspecified atom stereocenters. The molecule has 0 radical (unpaired) electrons. The SMILES string of the molecule is NC(=O)CN1CCC(CCN2CCN(c3cccc(C(F)(F)F)c3)CC2)CC1. The summed E-state index contributed by atoms with van der Waals surface area (Å²) in [6, 6.07) is 5.60. The second-order valence-corrected chi connectivity index (χ2v) is 7.85. The first-order valence-corrected chi connectivity index (χ1v) is 9.96. The van der Waals surface area contributed by atoms with Gasteiger partial charge in [-0.15, -0.1) is 0 Å². The Bertz CT molecular complexity index is 651. The van der Waals surface area contributed by atoms with E-state index in [1.165, 1.54) is 12.1 Å². The zero-order valence-corrected chi connectivity index (χ0v) is 16.1. The maximum atomic E-state index is 12.9. The summed E-state index contributed by atoms with van der Waals surface area (Å²) in [4.78, 5) is 17.5. The minimum atomic E-state index is -4.30. The third kappa shape index (κ3) is 5.85. The van der Waals surface area contributed by atoms with Crippen LogP contribution in [0.1, 0.15) is 24.8 Å². The standard InChI is InChI=1S/C20H29F3N4O/c21-20(22,23)17-2-1-3-18(14-17)27-12-10-25(11-13-27)7-4-16-5-8-26(9-6-16)15-19(24)28/h1-3,14,16H,4-13,15H2,(H2,24,28). The molecule has 1 amide bonds. The van der Waals surface area contributed by atoms with Crippen LogP contribution in [0.5, 0.6) is 0 Å². The summed E-state index contributed by atoms with van der Waals surface area (Å²) in [5.74, 6) is 0.405. The minimum absolute atomic E-state index is 0.267. The third-order valence-electron chi connectivity index (χ3n) is 5.85. The molecule has 1 aromatic carbocycles. The van der Waals surface area contributed by atoms with E-state index in [0.717, 1.165) is 71.1 Å². The Labute approximate surface area is 164 Å². The van der Waals surface area contributed by atoms with E-state index < -0.39 is 11.7 Å². The van der Waals surface area contributed by atoms with Gasteiger partial charge in [-0.25, -0.2) is 0 Å². The number of piperidine rings is 1. The Balaban J connectivity index is 1.40. The topological polar surface area (TPSA) is 52.8 Å². The monoisotopic (exact) mass is 398 g/mol. The zero-order chi connectivity index (χ0) is 20.1. The van der Waals surface area contributed by atoms with E-state index in [-0.39, 0.29) is 5.91 Å². The van der Waals surface area contributed by atoms with Crippen LogP contribution >= 0.6 is 0 Å². The normalized spacial score (nSPS) is 20.5. The van der Waals surface area contributed by atoms with Gasteiger partial charge in [0.2, 0.25) is 5.91 Å². The lowest BCUT2D eigenvalue weighted by atomic mass is 9.93. The maximum Gasteiger partial charge on any atom is 0.416 e. The zero-order valence-electron chi connectivity index (χ0n) is 16.1. The molecule has 5 nitrogen and oxygen atoms in total. The van der Waals surface area contributed by atoms with Crippen molar-refractivity contribution in [3.63, 3.8) is 0 Å². The molecule has 0 bridgehead atoms. The van der Waals surface area contributed by atoms with Crippen LogP contribution in [-0.2, 0) is 11.0 Å². The average Bonchev–Trinajstić information content (AvgIpc) is 2.67. The fourth-order valence-corrected chi connectivity index (χ4v) is 4.13. The second kappa shape index (κ2) is 9.13. The van der Waals surface area contributed by atoms with Gasteiger partial charge in [0.1, 0.15) is 0 Å². The summed E-state index contributed by atoms with van der Waals surface area (Å²) in [5.41, 5.74) is 5.31. The van der Waals surface area contributed by atoms with Gasteiger partial charge in [-0.1, -0.05) is 6.07 Å². The Kier molecular flexibility index (Phi) is 6.82. The molecule has 3 rings (SSSR count). The van der Waals surface area contributed by atoms with Gasteiger partial charge in [-0.2, -0.15) is 13.2 Å². The molecule has 0 aromatic heterocycles. The molecule has 8 heteroatoms. The van der Waals surface area contributed by atoms with Gasteiger partial charge in [-0.05, 0) is 63.0 Å². The Morgan fingerprint density at radius 3 is 2.32 bits per heavy atom. The first kappa shape index (κ1) is 20.9. The van der Waals surface area contributed by atoms with Crippen LogP contribution < -0.4 is 10.6 Å². The van der Waals surface area contributed by atoms with Crippen LogP contribution in [-0.4, -0.2) is 68.1 Å². The first-order valence-electron chi connectivity index (χ1n) is 9.96. The highest BCUT2D eigenvalue weighted by Gasteiger charge is 2.31. The highest BCUT2D eigenvalue weighted by atomic mass is 19.4. The van der Waals surface area contributed by atoms with E-state index in [1.54, 1.807) is 6.07 Å². The van der Waals surface area contributed by atoms with Crippen molar-refractivity contribution in [2.75, 3.05) is 57.3 Å². The van der Waals surface area contributed by atoms with Crippen LogP contribution in [0.4, 0.5) is 18.9 Å². The van der Waals surface area contributed by atoms with Crippen molar-refractivity contribution in [1.82, 2.24) is 9.80 Å².